The number of anilines is 1. The van der Waals surface area contributed by atoms with Crippen LogP contribution in [-0.4, -0.2) is 9.78 Å². The summed E-state index contributed by atoms with van der Waals surface area (Å²) >= 11 is 11.9. The Morgan fingerprint density at radius 1 is 1.09 bits per heavy atom. The molecule has 2 aromatic carbocycles. The maximum atomic E-state index is 12.7. The van der Waals surface area contributed by atoms with E-state index in [1.165, 1.54) is 4.68 Å². The van der Waals surface area contributed by atoms with Gasteiger partial charge in [-0.15, -0.1) is 0 Å². The lowest BCUT2D eigenvalue weighted by Crippen LogP contribution is -2.15. The minimum atomic E-state index is -0.186. The fourth-order valence-electron chi connectivity index (χ4n) is 2.42. The molecule has 22 heavy (non-hydrogen) atoms. The Labute approximate surface area is 137 Å². The van der Waals surface area contributed by atoms with Crippen molar-refractivity contribution >= 4 is 28.9 Å². The highest BCUT2D eigenvalue weighted by atomic mass is 35.5. The summed E-state index contributed by atoms with van der Waals surface area (Å²) in [5.74, 6) is 0. The van der Waals surface area contributed by atoms with Gasteiger partial charge in [0.2, 0.25) is 0 Å². The molecule has 0 unspecified atom stereocenters. The Kier molecular flexibility index (Phi) is 3.72. The number of aromatic amines is 1. The number of H-pyrrole nitrogens is 1. The minimum absolute atomic E-state index is 0.186. The number of nitrogen functional groups attached to an aromatic ring is 1. The van der Waals surface area contributed by atoms with Crippen molar-refractivity contribution in [3.63, 3.8) is 0 Å². The molecule has 3 aromatic rings. The summed E-state index contributed by atoms with van der Waals surface area (Å²) in [6.07, 6.45) is 0. The Hall–Kier alpha value is -2.17. The van der Waals surface area contributed by atoms with Crippen molar-refractivity contribution in [3.05, 3.63) is 68.6 Å². The molecule has 1 aromatic heterocycles. The summed E-state index contributed by atoms with van der Waals surface area (Å²) in [6.45, 7) is 1.83. The van der Waals surface area contributed by atoms with Crippen molar-refractivity contribution in [1.29, 1.82) is 0 Å². The number of rotatable bonds is 2. The monoisotopic (exact) mass is 333 g/mol. The summed E-state index contributed by atoms with van der Waals surface area (Å²) in [6, 6.07) is 12.2. The van der Waals surface area contributed by atoms with Crippen LogP contribution in [0.15, 0.2) is 47.3 Å². The summed E-state index contributed by atoms with van der Waals surface area (Å²) in [5, 5.41) is 4.15. The van der Waals surface area contributed by atoms with Crippen LogP contribution in [0.1, 0.15) is 5.69 Å². The van der Waals surface area contributed by atoms with E-state index in [0.29, 0.717) is 32.5 Å². The third kappa shape index (κ3) is 2.51. The van der Waals surface area contributed by atoms with E-state index in [9.17, 15) is 4.79 Å². The normalized spacial score (nSPS) is 10.9. The molecule has 0 aliphatic heterocycles. The molecule has 0 bridgehead atoms. The van der Waals surface area contributed by atoms with E-state index in [1.54, 1.807) is 42.5 Å². The van der Waals surface area contributed by atoms with E-state index in [-0.39, 0.29) is 5.56 Å². The molecule has 3 rings (SSSR count). The smallest absolute Gasteiger partial charge is 0.279 e. The van der Waals surface area contributed by atoms with Crippen molar-refractivity contribution in [2.75, 3.05) is 5.73 Å². The van der Waals surface area contributed by atoms with Gasteiger partial charge < -0.3 is 5.73 Å². The lowest BCUT2D eigenvalue weighted by atomic mass is 10.0. The number of hydrogen-bond donors (Lipinski definition) is 2. The standard InChI is InChI=1S/C16H13Cl2N3O/c1-9-15(13-6-5-11(18)8-14(13)19)16(22)21(20-9)12-4-2-3-10(17)7-12/h2-8,20H,19H2,1H3. The number of hydrogen-bond acceptors (Lipinski definition) is 2. The fourth-order valence-corrected chi connectivity index (χ4v) is 2.79. The second-order valence-corrected chi connectivity index (χ2v) is 5.84. The van der Waals surface area contributed by atoms with Crippen molar-refractivity contribution in [2.24, 2.45) is 0 Å². The Balaban J connectivity index is 2.21. The first-order chi connectivity index (χ1) is 10.5. The predicted octanol–water partition coefficient (Wildman–Crippen LogP) is 4.03. The lowest BCUT2D eigenvalue weighted by molar-refractivity contribution is 0.835. The van der Waals surface area contributed by atoms with E-state index in [2.05, 4.69) is 5.10 Å². The zero-order valence-corrected chi connectivity index (χ0v) is 13.2. The van der Waals surface area contributed by atoms with E-state index in [0.717, 1.165) is 5.69 Å². The van der Waals surface area contributed by atoms with Gasteiger partial charge in [0.15, 0.2) is 0 Å². The van der Waals surface area contributed by atoms with Gasteiger partial charge in [0.05, 0.1) is 11.3 Å². The number of nitrogens with one attached hydrogen (secondary N) is 1. The summed E-state index contributed by atoms with van der Waals surface area (Å²) < 4.78 is 1.45. The van der Waals surface area contributed by atoms with Crippen LogP contribution in [0.2, 0.25) is 10.0 Å². The molecule has 0 atom stereocenters. The molecular weight excluding hydrogens is 321 g/mol. The Morgan fingerprint density at radius 3 is 2.50 bits per heavy atom. The maximum absolute atomic E-state index is 12.7. The van der Waals surface area contributed by atoms with Crippen LogP contribution in [0, 0.1) is 6.92 Å². The molecule has 0 amide bonds. The number of aryl methyl sites for hydroxylation is 1. The molecule has 0 aliphatic carbocycles. The second kappa shape index (κ2) is 5.55. The second-order valence-electron chi connectivity index (χ2n) is 4.96. The van der Waals surface area contributed by atoms with E-state index in [4.69, 9.17) is 28.9 Å². The quantitative estimate of drug-likeness (QED) is 0.695. The number of nitrogens with zero attached hydrogens (tertiary/aromatic N) is 1. The topological polar surface area (TPSA) is 63.8 Å². The zero-order chi connectivity index (χ0) is 15.9. The van der Waals surface area contributed by atoms with Crippen LogP contribution < -0.4 is 11.3 Å². The van der Waals surface area contributed by atoms with Gasteiger partial charge in [0, 0.05) is 27.0 Å². The number of benzene rings is 2. The van der Waals surface area contributed by atoms with Crippen molar-refractivity contribution in [1.82, 2.24) is 9.78 Å². The average molecular weight is 334 g/mol. The van der Waals surface area contributed by atoms with Gasteiger partial charge in [-0.25, -0.2) is 4.68 Å². The van der Waals surface area contributed by atoms with Gasteiger partial charge in [-0.1, -0.05) is 35.3 Å². The van der Waals surface area contributed by atoms with Gasteiger partial charge in [0.25, 0.3) is 5.56 Å². The number of nitrogens with two attached hydrogens (primary N) is 1. The summed E-state index contributed by atoms with van der Waals surface area (Å²) in [5.41, 5.74) is 8.84. The zero-order valence-electron chi connectivity index (χ0n) is 11.7. The highest BCUT2D eigenvalue weighted by Gasteiger charge is 2.16. The molecule has 0 radical (unpaired) electrons. The molecule has 0 spiro atoms. The molecule has 0 saturated carbocycles. The Bertz CT molecular complexity index is 912. The largest absolute Gasteiger partial charge is 0.398 e. The van der Waals surface area contributed by atoms with Crippen LogP contribution in [0.3, 0.4) is 0 Å². The van der Waals surface area contributed by atoms with Crippen LogP contribution in [0.5, 0.6) is 0 Å². The Morgan fingerprint density at radius 2 is 1.82 bits per heavy atom. The first-order valence-electron chi connectivity index (χ1n) is 6.60. The van der Waals surface area contributed by atoms with Crippen LogP contribution >= 0.6 is 23.2 Å². The number of aromatic nitrogens is 2. The first kappa shape index (κ1) is 14.8. The first-order valence-corrected chi connectivity index (χ1v) is 7.36. The molecular formula is C16H13Cl2N3O. The van der Waals surface area contributed by atoms with Crippen molar-refractivity contribution in [2.45, 2.75) is 6.92 Å². The minimum Gasteiger partial charge on any atom is -0.398 e. The molecule has 6 heteroatoms. The third-order valence-corrected chi connectivity index (χ3v) is 3.89. The predicted molar refractivity (Wildman–Crippen MR) is 91.0 cm³/mol. The number of halogens is 2. The maximum Gasteiger partial charge on any atom is 0.279 e. The molecule has 1 heterocycles. The van der Waals surface area contributed by atoms with Crippen LogP contribution in [0.4, 0.5) is 5.69 Å². The summed E-state index contributed by atoms with van der Waals surface area (Å²) in [7, 11) is 0. The van der Waals surface area contributed by atoms with Gasteiger partial charge in [0.1, 0.15) is 0 Å². The van der Waals surface area contributed by atoms with Crippen molar-refractivity contribution < 1.29 is 0 Å². The molecule has 112 valence electrons. The third-order valence-electron chi connectivity index (χ3n) is 3.42. The lowest BCUT2D eigenvalue weighted by Gasteiger charge is -2.04. The van der Waals surface area contributed by atoms with Crippen LogP contribution in [-0.2, 0) is 0 Å². The van der Waals surface area contributed by atoms with E-state index >= 15 is 0 Å². The van der Waals surface area contributed by atoms with Gasteiger partial charge in [-0.3, -0.25) is 9.89 Å². The average Bonchev–Trinajstić information content (AvgIpc) is 2.75. The highest BCUT2D eigenvalue weighted by molar-refractivity contribution is 6.31. The van der Waals surface area contributed by atoms with Gasteiger partial charge in [-0.2, -0.15) is 0 Å². The molecule has 3 N–H and O–H groups in total. The van der Waals surface area contributed by atoms with Gasteiger partial charge in [-0.05, 0) is 37.3 Å². The van der Waals surface area contributed by atoms with E-state index < -0.39 is 0 Å². The summed E-state index contributed by atoms with van der Waals surface area (Å²) in [4.78, 5) is 12.7. The fraction of sp³-hybridized carbons (Fsp3) is 0.0625. The molecule has 0 saturated heterocycles. The molecule has 0 fully saturated rings. The highest BCUT2D eigenvalue weighted by Crippen LogP contribution is 2.28. The van der Waals surface area contributed by atoms with Crippen molar-refractivity contribution in [3.8, 4) is 16.8 Å². The molecule has 0 aliphatic rings. The SMILES string of the molecule is Cc1[nH]n(-c2cccc(Cl)c2)c(=O)c1-c1ccc(Cl)cc1N. The van der Waals surface area contributed by atoms with Crippen LogP contribution in [0.25, 0.3) is 16.8 Å². The van der Waals surface area contributed by atoms with E-state index in [1.807, 2.05) is 6.92 Å². The van der Waals surface area contributed by atoms with Gasteiger partial charge >= 0.3 is 0 Å². The molecule has 4 nitrogen and oxygen atoms in total.